The van der Waals surface area contributed by atoms with Crippen LogP contribution in [0.15, 0.2) is 77.7 Å². The van der Waals surface area contributed by atoms with Crippen LogP contribution < -0.4 is 14.4 Å². The molecule has 1 heterocycles. The lowest BCUT2D eigenvalue weighted by molar-refractivity contribution is -0.133. The van der Waals surface area contributed by atoms with Crippen LogP contribution in [0, 0.1) is 12.7 Å². The fourth-order valence-corrected chi connectivity index (χ4v) is 5.72. The normalized spacial score (nSPS) is 14.9. The maximum Gasteiger partial charge on any atom is 0.241 e. The van der Waals surface area contributed by atoms with Crippen molar-refractivity contribution in [2.24, 2.45) is 0 Å². The molecule has 7 nitrogen and oxygen atoms in total. The number of piperazine rings is 1. The maximum atomic E-state index is 13.6. The minimum atomic E-state index is -3.97. The SMILES string of the molecule is CCOc1ccc(S(=O)(=O)N[C@@H](Cc2ccccc2)C(=O)N2CCN(c3ccc(F)cc3)CC2)cc1C. The zero-order chi connectivity index (χ0) is 26.4. The smallest absolute Gasteiger partial charge is 0.241 e. The summed E-state index contributed by atoms with van der Waals surface area (Å²) in [6, 6.07) is 19.4. The average Bonchev–Trinajstić information content (AvgIpc) is 2.90. The van der Waals surface area contributed by atoms with Crippen molar-refractivity contribution >= 4 is 21.6 Å². The van der Waals surface area contributed by atoms with E-state index in [9.17, 15) is 17.6 Å². The molecule has 0 unspecified atom stereocenters. The van der Waals surface area contributed by atoms with E-state index in [1.54, 1.807) is 36.1 Å². The predicted octanol–water partition coefficient (Wildman–Crippen LogP) is 3.77. The number of rotatable bonds is 9. The van der Waals surface area contributed by atoms with Crippen LogP contribution in [0.25, 0.3) is 0 Å². The van der Waals surface area contributed by atoms with Crippen LogP contribution in [0.5, 0.6) is 5.75 Å². The lowest BCUT2D eigenvalue weighted by Crippen LogP contribution is -2.55. The highest BCUT2D eigenvalue weighted by atomic mass is 32.2. The number of halogens is 1. The van der Waals surface area contributed by atoms with Crippen LogP contribution in [0.1, 0.15) is 18.1 Å². The molecule has 1 atom stereocenters. The Kier molecular flexibility index (Phi) is 8.45. The van der Waals surface area contributed by atoms with Crippen LogP contribution >= 0.6 is 0 Å². The van der Waals surface area contributed by atoms with E-state index in [4.69, 9.17) is 4.74 Å². The minimum absolute atomic E-state index is 0.0837. The van der Waals surface area contributed by atoms with E-state index in [1.807, 2.05) is 37.3 Å². The number of carbonyl (C=O) groups excluding carboxylic acids is 1. The summed E-state index contributed by atoms with van der Waals surface area (Å²) in [4.78, 5) is 17.5. The van der Waals surface area contributed by atoms with Crippen LogP contribution in [-0.2, 0) is 21.2 Å². The van der Waals surface area contributed by atoms with Crippen molar-refractivity contribution in [1.29, 1.82) is 0 Å². The first kappa shape index (κ1) is 26.6. The molecule has 1 aliphatic rings. The number of sulfonamides is 1. The molecule has 3 aromatic carbocycles. The third-order valence-corrected chi connectivity index (χ3v) is 7.89. The largest absolute Gasteiger partial charge is 0.494 e. The van der Waals surface area contributed by atoms with Crippen molar-refractivity contribution in [2.45, 2.75) is 31.2 Å². The van der Waals surface area contributed by atoms with Crippen molar-refractivity contribution in [3.8, 4) is 5.75 Å². The predicted molar refractivity (Wildman–Crippen MR) is 142 cm³/mol. The number of hydrogen-bond donors (Lipinski definition) is 1. The van der Waals surface area contributed by atoms with Crippen LogP contribution in [0.3, 0.4) is 0 Å². The van der Waals surface area contributed by atoms with Gasteiger partial charge in [-0.3, -0.25) is 4.79 Å². The van der Waals surface area contributed by atoms with Crippen molar-refractivity contribution in [1.82, 2.24) is 9.62 Å². The van der Waals surface area contributed by atoms with E-state index >= 15 is 0 Å². The van der Waals surface area contributed by atoms with E-state index in [-0.39, 0.29) is 23.0 Å². The molecule has 1 amide bonds. The molecule has 1 aliphatic heterocycles. The third kappa shape index (κ3) is 6.67. The number of aryl methyl sites for hydroxylation is 1. The zero-order valence-electron chi connectivity index (χ0n) is 21.1. The van der Waals surface area contributed by atoms with Crippen molar-refractivity contribution in [2.75, 3.05) is 37.7 Å². The number of anilines is 1. The molecular formula is C28H32FN3O4S. The van der Waals surface area contributed by atoms with Gasteiger partial charge in [0.2, 0.25) is 15.9 Å². The van der Waals surface area contributed by atoms with E-state index in [0.717, 1.165) is 11.3 Å². The second-order valence-corrected chi connectivity index (χ2v) is 10.7. The topological polar surface area (TPSA) is 78.9 Å². The van der Waals surface area contributed by atoms with E-state index in [0.29, 0.717) is 44.1 Å². The lowest BCUT2D eigenvalue weighted by Gasteiger charge is -2.37. The van der Waals surface area contributed by atoms with Gasteiger partial charge >= 0.3 is 0 Å². The molecule has 0 saturated carbocycles. The van der Waals surface area contributed by atoms with Gasteiger partial charge in [-0.15, -0.1) is 0 Å². The van der Waals surface area contributed by atoms with Gasteiger partial charge in [0.05, 0.1) is 11.5 Å². The van der Waals surface area contributed by atoms with E-state index in [1.165, 1.54) is 18.2 Å². The Balaban J connectivity index is 1.51. The van der Waals surface area contributed by atoms with Gasteiger partial charge in [0.25, 0.3) is 0 Å². The molecular weight excluding hydrogens is 493 g/mol. The summed E-state index contributed by atoms with van der Waals surface area (Å²) in [5, 5.41) is 0. The lowest BCUT2D eigenvalue weighted by atomic mass is 10.1. The first-order valence-corrected chi connectivity index (χ1v) is 13.8. The average molecular weight is 526 g/mol. The molecule has 1 fully saturated rings. The summed E-state index contributed by atoms with van der Waals surface area (Å²) in [5.41, 5.74) is 2.45. The summed E-state index contributed by atoms with van der Waals surface area (Å²) < 4.78 is 48.2. The Morgan fingerprint density at radius 3 is 2.30 bits per heavy atom. The standard InChI is InChI=1S/C28H32FN3O4S/c1-3-36-27-14-13-25(19-21(27)2)37(34,35)30-26(20-22-7-5-4-6-8-22)28(33)32-17-15-31(16-18-32)24-11-9-23(29)10-12-24/h4-14,19,26,30H,3,15-18,20H2,1-2H3/t26-/m0/s1. The number of nitrogens with zero attached hydrogens (tertiary/aromatic N) is 2. The summed E-state index contributed by atoms with van der Waals surface area (Å²) in [7, 11) is -3.97. The molecule has 0 aliphatic carbocycles. The van der Waals surface area contributed by atoms with E-state index in [2.05, 4.69) is 9.62 Å². The van der Waals surface area contributed by atoms with Gasteiger partial charge in [-0.25, -0.2) is 12.8 Å². The van der Waals surface area contributed by atoms with Gasteiger partial charge in [-0.05, 0) is 73.9 Å². The first-order chi connectivity index (χ1) is 17.8. The monoisotopic (exact) mass is 525 g/mol. The Bertz CT molecular complexity index is 1310. The molecule has 1 N–H and O–H groups in total. The Labute approximate surface area is 217 Å². The van der Waals surface area contributed by atoms with Gasteiger partial charge in [0.15, 0.2) is 0 Å². The number of carbonyl (C=O) groups is 1. The third-order valence-electron chi connectivity index (χ3n) is 6.42. The van der Waals surface area contributed by atoms with Crippen LogP contribution in [0.4, 0.5) is 10.1 Å². The Morgan fingerprint density at radius 2 is 1.68 bits per heavy atom. The molecule has 1 saturated heterocycles. The summed E-state index contributed by atoms with van der Waals surface area (Å²) in [6.07, 6.45) is 0.229. The Morgan fingerprint density at radius 1 is 1.00 bits per heavy atom. The van der Waals surface area contributed by atoms with Crippen LogP contribution in [-0.4, -0.2) is 58.1 Å². The van der Waals surface area contributed by atoms with Gasteiger partial charge in [-0.1, -0.05) is 30.3 Å². The van der Waals surface area contributed by atoms with Crippen molar-refractivity contribution < 1.29 is 22.3 Å². The van der Waals surface area contributed by atoms with Gasteiger partial charge in [-0.2, -0.15) is 4.72 Å². The quantitative estimate of drug-likeness (QED) is 0.460. The molecule has 3 aromatic rings. The highest BCUT2D eigenvalue weighted by Crippen LogP contribution is 2.23. The van der Waals surface area contributed by atoms with Crippen molar-refractivity contribution in [3.05, 3.63) is 89.7 Å². The highest BCUT2D eigenvalue weighted by molar-refractivity contribution is 7.89. The molecule has 4 rings (SSSR count). The number of ether oxygens (including phenoxy) is 1. The highest BCUT2D eigenvalue weighted by Gasteiger charge is 2.31. The maximum absolute atomic E-state index is 13.6. The number of benzene rings is 3. The number of hydrogen-bond acceptors (Lipinski definition) is 5. The molecule has 0 spiro atoms. The molecule has 0 aromatic heterocycles. The van der Waals surface area contributed by atoms with E-state index < -0.39 is 16.1 Å². The second-order valence-electron chi connectivity index (χ2n) is 9.01. The fraction of sp³-hybridized carbons (Fsp3) is 0.321. The summed E-state index contributed by atoms with van der Waals surface area (Å²) >= 11 is 0. The van der Waals surface area contributed by atoms with Crippen LogP contribution in [0.2, 0.25) is 0 Å². The first-order valence-electron chi connectivity index (χ1n) is 12.4. The molecule has 196 valence electrons. The fourth-order valence-electron chi connectivity index (χ4n) is 4.45. The zero-order valence-corrected chi connectivity index (χ0v) is 21.9. The molecule has 9 heteroatoms. The van der Waals surface area contributed by atoms with Gasteiger partial charge in [0, 0.05) is 31.9 Å². The second kappa shape index (κ2) is 11.7. The number of nitrogens with one attached hydrogen (secondary N) is 1. The minimum Gasteiger partial charge on any atom is -0.494 e. The Hall–Kier alpha value is -3.43. The van der Waals surface area contributed by atoms with Crippen molar-refractivity contribution in [3.63, 3.8) is 0 Å². The molecule has 0 radical (unpaired) electrons. The summed E-state index contributed by atoms with van der Waals surface area (Å²) in [6.45, 7) is 6.15. The molecule has 0 bridgehead atoms. The summed E-state index contributed by atoms with van der Waals surface area (Å²) in [5.74, 6) is 0.0579. The van der Waals surface area contributed by atoms with Gasteiger partial charge in [0.1, 0.15) is 17.6 Å². The molecule has 37 heavy (non-hydrogen) atoms. The number of amides is 1. The van der Waals surface area contributed by atoms with Gasteiger partial charge < -0.3 is 14.5 Å².